The highest BCUT2D eigenvalue weighted by molar-refractivity contribution is 7.18. The molecular weight excluding hydrogens is 348 g/mol. The van der Waals surface area contributed by atoms with Crippen LogP contribution in [0, 0.1) is 0 Å². The molecule has 4 aromatic rings. The molecule has 26 heavy (non-hydrogen) atoms. The first-order valence-electron chi connectivity index (χ1n) is 8.22. The molecule has 0 amide bonds. The van der Waals surface area contributed by atoms with E-state index in [-0.39, 0.29) is 0 Å². The molecule has 0 atom stereocenters. The third-order valence-corrected chi connectivity index (χ3v) is 4.99. The van der Waals surface area contributed by atoms with Crippen LogP contribution in [-0.4, -0.2) is 34.2 Å². The molecule has 0 unspecified atom stereocenters. The van der Waals surface area contributed by atoms with Crippen LogP contribution in [0.15, 0.2) is 53.1 Å². The summed E-state index contributed by atoms with van der Waals surface area (Å²) in [7, 11) is 3.64. The molecule has 0 saturated carbocycles. The maximum atomic E-state index is 5.41. The molecular formula is C19H18N4O2S. The maximum absolute atomic E-state index is 5.41. The number of methoxy groups -OCH3 is 1. The third-order valence-electron chi connectivity index (χ3n) is 3.96. The van der Waals surface area contributed by atoms with E-state index < -0.39 is 0 Å². The fourth-order valence-electron chi connectivity index (χ4n) is 2.76. The molecule has 0 bridgehead atoms. The molecule has 0 N–H and O–H groups in total. The Kier molecular flexibility index (Phi) is 4.64. The first-order chi connectivity index (χ1) is 12.7. The van der Waals surface area contributed by atoms with Gasteiger partial charge in [0, 0.05) is 0 Å². The molecule has 6 nitrogen and oxygen atoms in total. The molecule has 2 aromatic heterocycles. The largest absolute Gasteiger partial charge is 0.496 e. The average Bonchev–Trinajstić information content (AvgIpc) is 3.27. The van der Waals surface area contributed by atoms with Crippen LogP contribution in [0.25, 0.3) is 21.6 Å². The summed E-state index contributed by atoms with van der Waals surface area (Å²) < 4.78 is 12.0. The second-order valence-electron chi connectivity index (χ2n) is 5.96. The smallest absolute Gasteiger partial charge is 0.241 e. The van der Waals surface area contributed by atoms with E-state index in [1.807, 2.05) is 49.5 Å². The highest BCUT2D eigenvalue weighted by atomic mass is 32.1. The summed E-state index contributed by atoms with van der Waals surface area (Å²) in [5, 5.41) is 5.15. The molecule has 4 rings (SSSR count). The minimum absolute atomic E-state index is 0.533. The monoisotopic (exact) mass is 366 g/mol. The van der Waals surface area contributed by atoms with Crippen molar-refractivity contribution >= 4 is 21.6 Å². The number of aromatic nitrogens is 3. The van der Waals surface area contributed by atoms with Gasteiger partial charge < -0.3 is 9.26 Å². The van der Waals surface area contributed by atoms with Gasteiger partial charge in [-0.3, -0.25) is 4.90 Å². The molecule has 132 valence electrons. The Morgan fingerprint density at radius 3 is 2.69 bits per heavy atom. The summed E-state index contributed by atoms with van der Waals surface area (Å²) in [5.41, 5.74) is 1.86. The van der Waals surface area contributed by atoms with Gasteiger partial charge >= 0.3 is 0 Å². The zero-order valence-electron chi connectivity index (χ0n) is 14.5. The minimum Gasteiger partial charge on any atom is -0.496 e. The van der Waals surface area contributed by atoms with Gasteiger partial charge in [0.1, 0.15) is 10.8 Å². The van der Waals surface area contributed by atoms with Crippen molar-refractivity contribution in [3.8, 4) is 17.1 Å². The molecule has 0 spiro atoms. The Morgan fingerprint density at radius 2 is 1.85 bits per heavy atom. The van der Waals surface area contributed by atoms with Crippen LogP contribution in [0.4, 0.5) is 0 Å². The van der Waals surface area contributed by atoms with Crippen molar-refractivity contribution < 1.29 is 9.26 Å². The summed E-state index contributed by atoms with van der Waals surface area (Å²) in [4.78, 5) is 11.3. The Balaban J connectivity index is 1.46. The lowest BCUT2D eigenvalue weighted by atomic mass is 10.2. The minimum atomic E-state index is 0.533. The zero-order valence-corrected chi connectivity index (χ0v) is 15.4. The van der Waals surface area contributed by atoms with E-state index in [4.69, 9.17) is 9.26 Å². The van der Waals surface area contributed by atoms with Crippen LogP contribution >= 0.6 is 11.3 Å². The van der Waals surface area contributed by atoms with E-state index in [2.05, 4.69) is 26.1 Å². The summed E-state index contributed by atoms with van der Waals surface area (Å²) in [5.74, 6) is 1.82. The van der Waals surface area contributed by atoms with E-state index in [0.29, 0.717) is 18.3 Å². The number of hydrogen-bond acceptors (Lipinski definition) is 7. The molecule has 0 aliphatic carbocycles. The standard InChI is InChI=1S/C19H18N4O2S/c1-23(12-18-20-14-8-4-6-10-16(14)26-18)11-17-21-19(22-25-17)13-7-3-5-9-15(13)24-2/h3-10H,11-12H2,1-2H3. The normalized spacial score (nSPS) is 11.3. The van der Waals surface area contributed by atoms with Gasteiger partial charge in [-0.05, 0) is 31.3 Å². The van der Waals surface area contributed by atoms with Gasteiger partial charge in [-0.15, -0.1) is 11.3 Å². The van der Waals surface area contributed by atoms with Crippen molar-refractivity contribution in [3.63, 3.8) is 0 Å². The van der Waals surface area contributed by atoms with Gasteiger partial charge in [-0.1, -0.05) is 29.4 Å². The van der Waals surface area contributed by atoms with E-state index in [9.17, 15) is 0 Å². The third kappa shape index (κ3) is 3.44. The Hall–Kier alpha value is -2.77. The lowest BCUT2D eigenvalue weighted by Gasteiger charge is -2.11. The van der Waals surface area contributed by atoms with Crippen LogP contribution in [0.3, 0.4) is 0 Å². The fraction of sp³-hybridized carbons (Fsp3) is 0.211. The van der Waals surface area contributed by atoms with Gasteiger partial charge in [0.2, 0.25) is 11.7 Å². The van der Waals surface area contributed by atoms with Crippen LogP contribution in [0.1, 0.15) is 10.9 Å². The number of thiazole rings is 1. The quantitative estimate of drug-likeness (QED) is 0.514. The predicted octanol–water partition coefficient (Wildman–Crippen LogP) is 3.99. The highest BCUT2D eigenvalue weighted by Crippen LogP contribution is 2.27. The van der Waals surface area contributed by atoms with E-state index in [0.717, 1.165) is 28.4 Å². The van der Waals surface area contributed by atoms with Gasteiger partial charge in [0.15, 0.2) is 0 Å². The Morgan fingerprint density at radius 1 is 1.04 bits per heavy atom. The van der Waals surface area contributed by atoms with Gasteiger partial charge in [0.25, 0.3) is 0 Å². The van der Waals surface area contributed by atoms with E-state index in [1.165, 1.54) is 4.70 Å². The summed E-state index contributed by atoms with van der Waals surface area (Å²) in [6.45, 7) is 1.28. The molecule has 0 aliphatic heterocycles. The second-order valence-corrected chi connectivity index (χ2v) is 7.07. The number of fused-ring (bicyclic) bond motifs is 1. The van der Waals surface area contributed by atoms with Crippen molar-refractivity contribution in [2.75, 3.05) is 14.2 Å². The van der Waals surface area contributed by atoms with Gasteiger partial charge in [-0.2, -0.15) is 4.98 Å². The topological polar surface area (TPSA) is 64.3 Å². The summed E-state index contributed by atoms with van der Waals surface area (Å²) in [6, 6.07) is 15.8. The number of benzene rings is 2. The number of rotatable bonds is 6. The molecule has 7 heteroatoms. The number of nitrogens with zero attached hydrogens (tertiary/aromatic N) is 4. The lowest BCUT2D eigenvalue weighted by molar-refractivity contribution is 0.260. The second kappa shape index (κ2) is 7.23. The average molecular weight is 366 g/mol. The zero-order chi connectivity index (χ0) is 17.9. The molecule has 0 aliphatic rings. The van der Waals surface area contributed by atoms with E-state index >= 15 is 0 Å². The molecule has 0 fully saturated rings. The Labute approximate surface area is 155 Å². The van der Waals surface area contributed by atoms with Crippen molar-refractivity contribution in [2.24, 2.45) is 0 Å². The number of para-hydroxylation sites is 2. The van der Waals surface area contributed by atoms with Crippen molar-refractivity contribution in [3.05, 3.63) is 59.4 Å². The van der Waals surface area contributed by atoms with E-state index in [1.54, 1.807) is 18.4 Å². The van der Waals surface area contributed by atoms with Crippen molar-refractivity contribution in [1.82, 2.24) is 20.0 Å². The molecule has 2 heterocycles. The van der Waals surface area contributed by atoms with Crippen molar-refractivity contribution in [1.29, 1.82) is 0 Å². The molecule has 0 saturated heterocycles. The fourth-order valence-corrected chi connectivity index (χ4v) is 3.81. The van der Waals surface area contributed by atoms with Crippen LogP contribution in [0.5, 0.6) is 5.75 Å². The maximum Gasteiger partial charge on any atom is 0.241 e. The van der Waals surface area contributed by atoms with Crippen LogP contribution in [0.2, 0.25) is 0 Å². The number of hydrogen-bond donors (Lipinski definition) is 0. The SMILES string of the molecule is COc1ccccc1-c1noc(CN(C)Cc2nc3ccccc3s2)n1. The van der Waals surface area contributed by atoms with Crippen LogP contribution in [-0.2, 0) is 13.1 Å². The molecule has 0 radical (unpaired) electrons. The summed E-state index contributed by atoms with van der Waals surface area (Å²) in [6.07, 6.45) is 0. The highest BCUT2D eigenvalue weighted by Gasteiger charge is 2.15. The molecule has 2 aromatic carbocycles. The Bertz CT molecular complexity index is 994. The van der Waals surface area contributed by atoms with Crippen LogP contribution < -0.4 is 4.74 Å². The lowest BCUT2D eigenvalue weighted by Crippen LogP contribution is -2.17. The first-order valence-corrected chi connectivity index (χ1v) is 9.03. The summed E-state index contributed by atoms with van der Waals surface area (Å²) >= 11 is 1.71. The first kappa shape index (κ1) is 16.7. The van der Waals surface area contributed by atoms with Crippen molar-refractivity contribution in [2.45, 2.75) is 13.1 Å². The predicted molar refractivity (Wildman–Crippen MR) is 101 cm³/mol. The number of ether oxygens (including phenoxy) is 1. The van der Waals surface area contributed by atoms with Gasteiger partial charge in [-0.25, -0.2) is 4.98 Å². The van der Waals surface area contributed by atoms with Gasteiger partial charge in [0.05, 0.1) is 36.0 Å².